The average Bonchev–Trinajstić information content (AvgIpc) is 3.35. The standard InChI is InChI=1S/C24H20ClN3O5S2/c1-4-33-24(31)18-11(2)16(23(30)32-3)22(34-18)28-20(29)19-17(26)14-9-10-15(27-21(14)35-19)12-5-7-13(25)8-6-12/h5-10H,4,26H2,1-3H3,(H,28,29). The maximum absolute atomic E-state index is 13.2. The molecule has 0 saturated carbocycles. The van der Waals surface area contributed by atoms with Gasteiger partial charge in [0, 0.05) is 16.0 Å². The normalized spacial score (nSPS) is 10.9. The van der Waals surface area contributed by atoms with Gasteiger partial charge in [-0.2, -0.15) is 0 Å². The van der Waals surface area contributed by atoms with Gasteiger partial charge in [-0.1, -0.05) is 23.7 Å². The van der Waals surface area contributed by atoms with Crippen molar-refractivity contribution in [1.29, 1.82) is 0 Å². The van der Waals surface area contributed by atoms with Crippen LogP contribution in [0.5, 0.6) is 0 Å². The van der Waals surface area contributed by atoms with E-state index in [-0.39, 0.29) is 32.6 Å². The molecule has 4 aromatic rings. The quantitative estimate of drug-likeness (QED) is 0.303. The minimum atomic E-state index is -0.678. The number of hydrogen-bond acceptors (Lipinski definition) is 9. The maximum Gasteiger partial charge on any atom is 0.348 e. The summed E-state index contributed by atoms with van der Waals surface area (Å²) in [7, 11) is 1.23. The second kappa shape index (κ2) is 10.0. The lowest BCUT2D eigenvalue weighted by Gasteiger charge is -2.05. The Balaban J connectivity index is 1.70. The highest BCUT2D eigenvalue weighted by Gasteiger charge is 2.28. The summed E-state index contributed by atoms with van der Waals surface area (Å²) in [6, 6.07) is 10.9. The highest BCUT2D eigenvalue weighted by Crippen LogP contribution is 2.38. The Hall–Kier alpha value is -3.47. The lowest BCUT2D eigenvalue weighted by atomic mass is 10.1. The zero-order valence-electron chi connectivity index (χ0n) is 18.9. The molecule has 0 saturated heterocycles. The second-order valence-corrected chi connectivity index (χ2v) is 9.78. The van der Waals surface area contributed by atoms with Crippen LogP contribution in [0.1, 0.15) is 42.2 Å². The van der Waals surface area contributed by atoms with Crippen molar-refractivity contribution in [2.45, 2.75) is 13.8 Å². The number of anilines is 2. The smallest absolute Gasteiger partial charge is 0.348 e. The van der Waals surface area contributed by atoms with Gasteiger partial charge in [-0.05, 0) is 43.7 Å². The highest BCUT2D eigenvalue weighted by atomic mass is 35.5. The van der Waals surface area contributed by atoms with E-state index in [1.165, 1.54) is 7.11 Å². The van der Waals surface area contributed by atoms with E-state index in [1.807, 2.05) is 24.3 Å². The van der Waals surface area contributed by atoms with Crippen LogP contribution < -0.4 is 11.1 Å². The Bertz CT molecular complexity index is 1460. The van der Waals surface area contributed by atoms with Gasteiger partial charge in [-0.3, -0.25) is 4.79 Å². The predicted molar refractivity (Wildman–Crippen MR) is 139 cm³/mol. The van der Waals surface area contributed by atoms with Crippen molar-refractivity contribution in [3.8, 4) is 11.3 Å². The number of nitrogens with zero attached hydrogens (tertiary/aromatic N) is 1. The van der Waals surface area contributed by atoms with Crippen LogP contribution in [0, 0.1) is 6.92 Å². The first-order valence-electron chi connectivity index (χ1n) is 10.4. The number of amides is 1. The van der Waals surface area contributed by atoms with Gasteiger partial charge >= 0.3 is 11.9 Å². The van der Waals surface area contributed by atoms with Crippen molar-refractivity contribution < 1.29 is 23.9 Å². The van der Waals surface area contributed by atoms with Gasteiger partial charge < -0.3 is 20.5 Å². The van der Waals surface area contributed by atoms with E-state index in [0.29, 0.717) is 26.5 Å². The number of carbonyl (C=O) groups excluding carboxylic acids is 3. The molecule has 11 heteroatoms. The molecule has 0 aliphatic rings. The van der Waals surface area contributed by atoms with Crippen molar-refractivity contribution >= 4 is 73.0 Å². The number of nitrogens with one attached hydrogen (secondary N) is 1. The fraction of sp³-hybridized carbons (Fsp3) is 0.167. The number of methoxy groups -OCH3 is 1. The summed E-state index contributed by atoms with van der Waals surface area (Å²) in [5.41, 5.74) is 8.60. The number of aromatic nitrogens is 1. The Labute approximate surface area is 213 Å². The molecule has 0 atom stereocenters. The van der Waals surface area contributed by atoms with E-state index in [0.717, 1.165) is 28.2 Å². The molecular weight excluding hydrogens is 510 g/mol. The summed E-state index contributed by atoms with van der Waals surface area (Å²) in [6.45, 7) is 3.46. The van der Waals surface area contributed by atoms with Gasteiger partial charge in [-0.15, -0.1) is 22.7 Å². The molecule has 8 nitrogen and oxygen atoms in total. The molecular formula is C24H20ClN3O5S2. The first kappa shape index (κ1) is 24.6. The maximum atomic E-state index is 13.2. The van der Waals surface area contributed by atoms with Crippen LogP contribution in [-0.4, -0.2) is 36.5 Å². The van der Waals surface area contributed by atoms with Crippen LogP contribution in [0.15, 0.2) is 36.4 Å². The van der Waals surface area contributed by atoms with Crippen LogP contribution in [0.2, 0.25) is 5.02 Å². The van der Waals surface area contributed by atoms with Crippen LogP contribution in [0.25, 0.3) is 21.5 Å². The number of ether oxygens (including phenoxy) is 2. The van der Waals surface area contributed by atoms with Crippen molar-refractivity contribution in [2.24, 2.45) is 0 Å². The molecule has 0 aliphatic carbocycles. The number of hydrogen-bond donors (Lipinski definition) is 2. The third kappa shape index (κ3) is 4.72. The van der Waals surface area contributed by atoms with Gasteiger partial charge in [0.05, 0.1) is 30.7 Å². The summed E-state index contributed by atoms with van der Waals surface area (Å²) < 4.78 is 9.92. The topological polar surface area (TPSA) is 121 Å². The fourth-order valence-corrected chi connectivity index (χ4v) is 5.65. The van der Waals surface area contributed by atoms with Gasteiger partial charge in [0.1, 0.15) is 19.6 Å². The third-order valence-electron chi connectivity index (χ3n) is 5.16. The molecule has 0 aliphatic heterocycles. The SMILES string of the molecule is CCOC(=O)c1sc(NC(=O)c2sc3nc(-c4ccc(Cl)cc4)ccc3c2N)c(C(=O)OC)c1C. The molecule has 0 unspecified atom stereocenters. The van der Waals surface area contributed by atoms with Gasteiger partial charge in [0.25, 0.3) is 5.91 Å². The Morgan fingerprint density at radius 2 is 1.77 bits per heavy atom. The number of pyridine rings is 1. The Kier molecular flexibility index (Phi) is 7.06. The molecule has 0 spiro atoms. The molecule has 0 fully saturated rings. The van der Waals surface area contributed by atoms with Crippen molar-refractivity contribution in [1.82, 2.24) is 4.98 Å². The lowest BCUT2D eigenvalue weighted by Crippen LogP contribution is -2.14. The number of thiophene rings is 2. The monoisotopic (exact) mass is 529 g/mol. The van der Waals surface area contributed by atoms with Crippen LogP contribution >= 0.6 is 34.3 Å². The van der Waals surface area contributed by atoms with E-state index in [2.05, 4.69) is 10.3 Å². The van der Waals surface area contributed by atoms with Gasteiger partial charge in [-0.25, -0.2) is 14.6 Å². The van der Waals surface area contributed by atoms with E-state index in [4.69, 9.17) is 26.8 Å². The lowest BCUT2D eigenvalue weighted by molar-refractivity contribution is 0.0531. The average molecular weight is 530 g/mol. The first-order chi connectivity index (χ1) is 16.7. The largest absolute Gasteiger partial charge is 0.465 e. The van der Waals surface area contributed by atoms with E-state index >= 15 is 0 Å². The number of nitrogens with two attached hydrogens (primary N) is 1. The molecule has 3 heterocycles. The van der Waals surface area contributed by atoms with E-state index < -0.39 is 17.8 Å². The van der Waals surface area contributed by atoms with Crippen molar-refractivity contribution in [2.75, 3.05) is 24.8 Å². The highest BCUT2D eigenvalue weighted by molar-refractivity contribution is 7.21. The summed E-state index contributed by atoms with van der Waals surface area (Å²) in [6.07, 6.45) is 0. The number of halogens is 1. The molecule has 0 bridgehead atoms. The summed E-state index contributed by atoms with van der Waals surface area (Å²) >= 11 is 8.05. The van der Waals surface area contributed by atoms with E-state index in [1.54, 1.807) is 26.0 Å². The zero-order chi connectivity index (χ0) is 25.3. The third-order valence-corrected chi connectivity index (χ3v) is 7.72. The number of rotatable bonds is 6. The molecule has 1 amide bonds. The molecule has 4 rings (SSSR count). The van der Waals surface area contributed by atoms with Crippen LogP contribution in [0.4, 0.5) is 10.7 Å². The van der Waals surface area contributed by atoms with Gasteiger partial charge in [0.2, 0.25) is 0 Å². The summed E-state index contributed by atoms with van der Waals surface area (Å²) in [5, 5.41) is 4.15. The number of fused-ring (bicyclic) bond motifs is 1. The summed E-state index contributed by atoms with van der Waals surface area (Å²) in [4.78, 5) is 43.6. The van der Waals surface area contributed by atoms with Crippen LogP contribution in [0.3, 0.4) is 0 Å². The second-order valence-electron chi connectivity index (χ2n) is 7.33. The Morgan fingerprint density at radius 1 is 1.06 bits per heavy atom. The number of nitrogen functional groups attached to an aromatic ring is 1. The number of esters is 2. The van der Waals surface area contributed by atoms with Crippen LogP contribution in [-0.2, 0) is 9.47 Å². The number of carbonyl (C=O) groups is 3. The zero-order valence-corrected chi connectivity index (χ0v) is 21.3. The minimum Gasteiger partial charge on any atom is -0.465 e. The minimum absolute atomic E-state index is 0.0942. The molecule has 35 heavy (non-hydrogen) atoms. The fourth-order valence-electron chi connectivity index (χ4n) is 3.45. The predicted octanol–water partition coefficient (Wildman–Crippen LogP) is 5.78. The van der Waals surface area contributed by atoms with Crippen molar-refractivity contribution in [3.05, 3.63) is 62.3 Å². The molecule has 0 radical (unpaired) electrons. The molecule has 1 aromatic carbocycles. The van der Waals surface area contributed by atoms with Crippen molar-refractivity contribution in [3.63, 3.8) is 0 Å². The first-order valence-corrected chi connectivity index (χ1v) is 12.4. The summed E-state index contributed by atoms with van der Waals surface area (Å²) in [5.74, 6) is -1.79. The molecule has 180 valence electrons. The Morgan fingerprint density at radius 3 is 2.43 bits per heavy atom. The number of benzene rings is 1. The van der Waals surface area contributed by atoms with E-state index in [9.17, 15) is 14.4 Å². The van der Waals surface area contributed by atoms with Gasteiger partial charge in [0.15, 0.2) is 0 Å². The molecule has 3 aromatic heterocycles. The molecule has 3 N–H and O–H groups in total.